The van der Waals surface area contributed by atoms with Crippen LogP contribution in [-0.4, -0.2) is 23.5 Å². The highest BCUT2D eigenvalue weighted by Crippen LogP contribution is 2.19. The molecule has 0 aliphatic rings. The van der Waals surface area contributed by atoms with Crippen molar-refractivity contribution in [2.24, 2.45) is 0 Å². The predicted octanol–water partition coefficient (Wildman–Crippen LogP) is 1.87. The van der Waals surface area contributed by atoms with Gasteiger partial charge in [0.15, 0.2) is 0 Å². The summed E-state index contributed by atoms with van der Waals surface area (Å²) in [6.07, 6.45) is 4.36. The molecular weight excluding hydrogens is 234 g/mol. The molecule has 0 aliphatic heterocycles. The van der Waals surface area contributed by atoms with E-state index in [-0.39, 0.29) is 18.0 Å². The smallest absolute Gasteiger partial charge is 0.237 e. The van der Waals surface area contributed by atoms with E-state index < -0.39 is 0 Å². The molecule has 1 aromatic heterocycles. The Bertz CT molecular complexity index is 351. The second-order valence-corrected chi connectivity index (χ2v) is 4.68. The molecule has 1 rings (SSSR count). The van der Waals surface area contributed by atoms with Gasteiger partial charge in [0.05, 0.1) is 12.1 Å². The summed E-state index contributed by atoms with van der Waals surface area (Å²) in [5.41, 5.74) is 0. The molecule has 2 unspecified atom stereocenters. The van der Waals surface area contributed by atoms with Gasteiger partial charge in [-0.3, -0.25) is 10.1 Å². The first-order valence-corrected chi connectivity index (χ1v) is 6.61. The molecule has 0 aliphatic carbocycles. The third-order valence-electron chi connectivity index (χ3n) is 2.42. The molecule has 1 aromatic rings. The third-order valence-corrected chi connectivity index (χ3v) is 3.31. The number of aromatic nitrogens is 1. The van der Waals surface area contributed by atoms with Gasteiger partial charge in [0, 0.05) is 18.1 Å². The van der Waals surface area contributed by atoms with Gasteiger partial charge in [-0.15, -0.1) is 17.9 Å². The Morgan fingerprint density at radius 1 is 1.71 bits per heavy atom. The Hall–Kier alpha value is -1.20. The van der Waals surface area contributed by atoms with Crippen LogP contribution >= 0.6 is 11.3 Å². The van der Waals surface area contributed by atoms with Crippen molar-refractivity contribution >= 4 is 17.2 Å². The van der Waals surface area contributed by atoms with Crippen LogP contribution in [0.15, 0.2) is 24.2 Å². The maximum Gasteiger partial charge on any atom is 0.237 e. The molecule has 0 saturated carbocycles. The molecule has 1 amide bonds. The lowest BCUT2D eigenvalue weighted by molar-refractivity contribution is -0.122. The predicted molar refractivity (Wildman–Crippen MR) is 71.0 cm³/mol. The van der Waals surface area contributed by atoms with Gasteiger partial charge in [0.25, 0.3) is 0 Å². The second-order valence-electron chi connectivity index (χ2n) is 3.75. The number of amides is 1. The largest absolute Gasteiger partial charge is 0.351 e. The van der Waals surface area contributed by atoms with Crippen LogP contribution in [0.5, 0.6) is 0 Å². The summed E-state index contributed by atoms with van der Waals surface area (Å²) in [4.78, 5) is 16.0. The van der Waals surface area contributed by atoms with E-state index in [0.29, 0.717) is 6.54 Å². The average Bonchev–Trinajstić information content (AvgIpc) is 2.86. The monoisotopic (exact) mass is 253 g/mol. The van der Waals surface area contributed by atoms with Crippen LogP contribution < -0.4 is 10.6 Å². The second kappa shape index (κ2) is 7.19. The highest BCUT2D eigenvalue weighted by molar-refractivity contribution is 7.09. The molecule has 0 aromatic carbocycles. The van der Waals surface area contributed by atoms with Crippen LogP contribution in [0, 0.1) is 0 Å². The minimum atomic E-state index is -0.233. The maximum absolute atomic E-state index is 11.7. The van der Waals surface area contributed by atoms with Gasteiger partial charge < -0.3 is 5.32 Å². The number of hydrogen-bond acceptors (Lipinski definition) is 4. The van der Waals surface area contributed by atoms with Crippen LogP contribution in [0.1, 0.15) is 31.3 Å². The fourth-order valence-electron chi connectivity index (χ4n) is 1.47. The van der Waals surface area contributed by atoms with Gasteiger partial charge in [0.2, 0.25) is 5.91 Å². The summed E-state index contributed by atoms with van der Waals surface area (Å²) in [6.45, 7) is 8.00. The van der Waals surface area contributed by atoms with Crippen LogP contribution in [0.4, 0.5) is 0 Å². The fraction of sp³-hybridized carbons (Fsp3) is 0.500. The summed E-state index contributed by atoms with van der Waals surface area (Å²) in [6, 6.07) is -0.0942. The zero-order valence-corrected chi connectivity index (χ0v) is 11.1. The van der Waals surface area contributed by atoms with Gasteiger partial charge in [-0.05, 0) is 13.3 Å². The Morgan fingerprint density at radius 2 is 2.47 bits per heavy atom. The van der Waals surface area contributed by atoms with Crippen molar-refractivity contribution in [3.8, 4) is 0 Å². The molecule has 0 fully saturated rings. The quantitative estimate of drug-likeness (QED) is 0.729. The Morgan fingerprint density at radius 3 is 3.00 bits per heavy atom. The summed E-state index contributed by atoms with van der Waals surface area (Å²) in [7, 11) is 0. The lowest BCUT2D eigenvalue weighted by Crippen LogP contribution is -2.43. The number of carbonyl (C=O) groups excluding carboxylic acids is 1. The van der Waals surface area contributed by atoms with Crippen LogP contribution in [0.2, 0.25) is 0 Å². The molecule has 2 atom stereocenters. The highest BCUT2D eigenvalue weighted by atomic mass is 32.1. The first kappa shape index (κ1) is 13.9. The van der Waals surface area contributed by atoms with E-state index in [1.165, 1.54) is 0 Å². The van der Waals surface area contributed by atoms with Crippen molar-refractivity contribution in [3.63, 3.8) is 0 Å². The number of hydrogen-bond donors (Lipinski definition) is 2. The number of nitrogens with zero attached hydrogens (tertiary/aromatic N) is 1. The average molecular weight is 253 g/mol. The standard InChI is InChI=1S/C12H19N3OS/c1-4-6-13-11(16)9(3)15-10(5-2)12-14-7-8-17-12/h4,7-10,15H,1,5-6H2,2-3H3,(H,13,16). The van der Waals surface area contributed by atoms with Crippen molar-refractivity contribution in [1.82, 2.24) is 15.6 Å². The SMILES string of the molecule is C=CCNC(=O)C(C)NC(CC)c1nccs1. The van der Waals surface area contributed by atoms with Crippen LogP contribution in [0.3, 0.4) is 0 Å². The number of rotatable bonds is 7. The first-order valence-electron chi connectivity index (χ1n) is 5.73. The number of carbonyl (C=O) groups is 1. The van der Waals surface area contributed by atoms with Gasteiger partial charge in [-0.2, -0.15) is 0 Å². The van der Waals surface area contributed by atoms with E-state index in [2.05, 4.69) is 29.1 Å². The Kier molecular flexibility index (Phi) is 5.86. The third kappa shape index (κ3) is 4.28. The molecule has 0 bridgehead atoms. The zero-order chi connectivity index (χ0) is 12.7. The lowest BCUT2D eigenvalue weighted by atomic mass is 10.2. The van der Waals surface area contributed by atoms with Gasteiger partial charge in [0.1, 0.15) is 5.01 Å². The van der Waals surface area contributed by atoms with E-state index in [0.717, 1.165) is 11.4 Å². The topological polar surface area (TPSA) is 54.0 Å². The Balaban J connectivity index is 2.50. The summed E-state index contributed by atoms with van der Waals surface area (Å²) in [5, 5.41) is 9.02. The van der Waals surface area contributed by atoms with E-state index in [1.807, 2.05) is 12.3 Å². The minimum absolute atomic E-state index is 0.0140. The molecule has 5 heteroatoms. The maximum atomic E-state index is 11.7. The summed E-state index contributed by atoms with van der Waals surface area (Å²) < 4.78 is 0. The van der Waals surface area contributed by atoms with Crippen LogP contribution in [0.25, 0.3) is 0 Å². The lowest BCUT2D eigenvalue weighted by Gasteiger charge is -2.19. The van der Waals surface area contributed by atoms with Gasteiger partial charge in [-0.1, -0.05) is 13.0 Å². The van der Waals surface area contributed by atoms with Crippen molar-refractivity contribution < 1.29 is 4.79 Å². The molecule has 2 N–H and O–H groups in total. The molecule has 94 valence electrons. The molecule has 0 spiro atoms. The van der Waals surface area contributed by atoms with Crippen molar-refractivity contribution in [2.45, 2.75) is 32.4 Å². The normalized spacial score (nSPS) is 14.0. The van der Waals surface area contributed by atoms with Crippen molar-refractivity contribution in [2.75, 3.05) is 6.54 Å². The van der Waals surface area contributed by atoms with E-state index >= 15 is 0 Å². The highest BCUT2D eigenvalue weighted by Gasteiger charge is 2.18. The summed E-state index contributed by atoms with van der Waals surface area (Å²) >= 11 is 1.61. The summed E-state index contributed by atoms with van der Waals surface area (Å²) in [5.74, 6) is -0.0140. The van der Waals surface area contributed by atoms with E-state index in [4.69, 9.17) is 0 Å². The number of nitrogens with one attached hydrogen (secondary N) is 2. The zero-order valence-electron chi connectivity index (χ0n) is 10.3. The molecule has 0 radical (unpaired) electrons. The molecule has 1 heterocycles. The first-order chi connectivity index (χ1) is 8.19. The fourth-order valence-corrected chi connectivity index (χ4v) is 2.26. The molecule has 4 nitrogen and oxygen atoms in total. The van der Waals surface area contributed by atoms with E-state index in [9.17, 15) is 4.79 Å². The van der Waals surface area contributed by atoms with Gasteiger partial charge in [-0.25, -0.2) is 4.98 Å². The molecular formula is C12H19N3OS. The van der Waals surface area contributed by atoms with Crippen LogP contribution in [-0.2, 0) is 4.79 Å². The van der Waals surface area contributed by atoms with Crippen molar-refractivity contribution in [3.05, 3.63) is 29.2 Å². The van der Waals surface area contributed by atoms with E-state index in [1.54, 1.807) is 23.6 Å². The number of thiazole rings is 1. The van der Waals surface area contributed by atoms with Gasteiger partial charge >= 0.3 is 0 Å². The minimum Gasteiger partial charge on any atom is -0.351 e. The molecule has 0 saturated heterocycles. The molecule has 17 heavy (non-hydrogen) atoms. The Labute approximate surface area is 106 Å². The van der Waals surface area contributed by atoms with Crippen molar-refractivity contribution in [1.29, 1.82) is 0 Å².